The van der Waals surface area contributed by atoms with Crippen LogP contribution in [0.25, 0.3) is 22.4 Å². The van der Waals surface area contributed by atoms with Gasteiger partial charge in [-0.3, -0.25) is 9.59 Å². The van der Waals surface area contributed by atoms with Gasteiger partial charge >= 0.3 is 0 Å². The Hall–Kier alpha value is -4.51. The molecule has 1 N–H and O–H groups in total. The van der Waals surface area contributed by atoms with Gasteiger partial charge in [0.1, 0.15) is 17.3 Å². The maximum absolute atomic E-state index is 13.8. The van der Waals surface area contributed by atoms with Crippen molar-refractivity contribution in [1.29, 1.82) is 0 Å². The first-order valence-electron chi connectivity index (χ1n) is 11.2. The fraction of sp³-hybridized carbons (Fsp3) is 0.222. The third-order valence-electron chi connectivity index (χ3n) is 5.53. The maximum atomic E-state index is 13.8. The van der Waals surface area contributed by atoms with Crippen LogP contribution in [0.5, 0.6) is 5.75 Å². The van der Waals surface area contributed by atoms with E-state index in [1.807, 2.05) is 35.8 Å². The van der Waals surface area contributed by atoms with Crippen molar-refractivity contribution in [2.45, 2.75) is 26.9 Å². The highest BCUT2D eigenvalue weighted by Gasteiger charge is 2.24. The summed E-state index contributed by atoms with van der Waals surface area (Å²) >= 11 is 0. The third kappa shape index (κ3) is 4.89. The van der Waals surface area contributed by atoms with Crippen LogP contribution in [0.3, 0.4) is 0 Å². The Bertz CT molecular complexity index is 1410. The molecular formula is C27H26N4O4. The van der Waals surface area contributed by atoms with Crippen molar-refractivity contribution in [2.24, 2.45) is 0 Å². The van der Waals surface area contributed by atoms with Crippen molar-refractivity contribution in [3.05, 3.63) is 66.1 Å². The first kappa shape index (κ1) is 23.6. The molecule has 0 aliphatic rings. The zero-order valence-corrected chi connectivity index (χ0v) is 19.9. The predicted molar refractivity (Wildman–Crippen MR) is 134 cm³/mol. The summed E-state index contributed by atoms with van der Waals surface area (Å²) in [6.45, 7) is 4.28. The number of aromatic nitrogens is 2. The number of nitrogens with zero attached hydrogens (tertiary/aromatic N) is 3. The van der Waals surface area contributed by atoms with Crippen LogP contribution in [-0.4, -0.2) is 39.9 Å². The van der Waals surface area contributed by atoms with Crippen LogP contribution < -0.4 is 10.1 Å². The monoisotopic (exact) mass is 470 g/mol. The van der Waals surface area contributed by atoms with Gasteiger partial charge in [-0.2, -0.15) is 0 Å². The summed E-state index contributed by atoms with van der Waals surface area (Å²) < 4.78 is 12.8. The van der Waals surface area contributed by atoms with Crippen molar-refractivity contribution in [2.75, 3.05) is 19.0 Å². The van der Waals surface area contributed by atoms with E-state index in [-0.39, 0.29) is 24.9 Å². The molecule has 0 saturated heterocycles. The maximum Gasteiger partial charge on any atom is 0.257 e. The number of ether oxygens (including phenoxy) is 1. The largest absolute Gasteiger partial charge is 0.497 e. The normalized spacial score (nSPS) is 10.7. The summed E-state index contributed by atoms with van der Waals surface area (Å²) in [4.78, 5) is 32.0. The van der Waals surface area contributed by atoms with Gasteiger partial charge in [-0.1, -0.05) is 18.1 Å². The number of imidazole rings is 1. The van der Waals surface area contributed by atoms with Crippen LogP contribution in [0.2, 0.25) is 0 Å². The number of rotatable bonds is 8. The minimum atomic E-state index is -0.289. The highest BCUT2D eigenvalue weighted by atomic mass is 16.5. The topological polar surface area (TPSA) is 89.6 Å². The van der Waals surface area contributed by atoms with E-state index >= 15 is 0 Å². The molecule has 0 bridgehead atoms. The zero-order valence-electron chi connectivity index (χ0n) is 19.9. The molecule has 0 atom stereocenters. The zero-order chi connectivity index (χ0) is 24.9. The van der Waals surface area contributed by atoms with Gasteiger partial charge in [-0.05, 0) is 43.3 Å². The van der Waals surface area contributed by atoms with Gasteiger partial charge in [-0.15, -0.1) is 6.42 Å². The van der Waals surface area contributed by atoms with Crippen molar-refractivity contribution in [3.63, 3.8) is 0 Å². The van der Waals surface area contributed by atoms with Crippen molar-refractivity contribution in [3.8, 4) is 29.5 Å². The number of hydrogen-bond acceptors (Lipinski definition) is 5. The van der Waals surface area contributed by atoms with E-state index in [1.165, 1.54) is 11.8 Å². The van der Waals surface area contributed by atoms with Crippen molar-refractivity contribution >= 4 is 28.5 Å². The molecule has 8 heteroatoms. The molecule has 0 saturated carbocycles. The Kier molecular flexibility index (Phi) is 6.88. The highest BCUT2D eigenvalue weighted by molar-refractivity contribution is 6.08. The summed E-state index contributed by atoms with van der Waals surface area (Å²) in [5, 5.41) is 2.78. The predicted octanol–water partition coefficient (Wildman–Crippen LogP) is 4.56. The Morgan fingerprint density at radius 3 is 2.71 bits per heavy atom. The van der Waals surface area contributed by atoms with Gasteiger partial charge < -0.3 is 23.9 Å². The van der Waals surface area contributed by atoms with Crippen LogP contribution in [-0.2, 0) is 17.9 Å². The number of nitrogens with one attached hydrogen (secondary N) is 1. The Morgan fingerprint density at radius 2 is 2.06 bits per heavy atom. The fourth-order valence-corrected chi connectivity index (χ4v) is 4.07. The van der Waals surface area contributed by atoms with Gasteiger partial charge in [-0.25, -0.2) is 4.98 Å². The lowest BCUT2D eigenvalue weighted by Crippen LogP contribution is -2.31. The van der Waals surface area contributed by atoms with E-state index in [1.54, 1.807) is 37.6 Å². The minimum Gasteiger partial charge on any atom is -0.497 e. The first-order valence-corrected chi connectivity index (χ1v) is 11.2. The number of furan rings is 1. The summed E-state index contributed by atoms with van der Waals surface area (Å²) in [6.07, 6.45) is 7.14. The Labute approximate surface area is 203 Å². The quantitative estimate of drug-likeness (QED) is 0.382. The molecule has 0 spiro atoms. The first-order chi connectivity index (χ1) is 16.9. The van der Waals surface area contributed by atoms with Crippen LogP contribution >= 0.6 is 0 Å². The van der Waals surface area contributed by atoms with Crippen molar-refractivity contribution in [1.82, 2.24) is 14.5 Å². The molecule has 35 heavy (non-hydrogen) atoms. The number of fused-ring (bicyclic) bond motifs is 1. The van der Waals surface area contributed by atoms with Crippen LogP contribution in [0.15, 0.2) is 59.2 Å². The molecule has 8 nitrogen and oxygen atoms in total. The second-order valence-corrected chi connectivity index (χ2v) is 7.93. The summed E-state index contributed by atoms with van der Waals surface area (Å²) in [6, 6.07) is 14.6. The van der Waals surface area contributed by atoms with E-state index in [9.17, 15) is 9.59 Å². The summed E-state index contributed by atoms with van der Waals surface area (Å²) in [7, 11) is 1.61. The standard InChI is InChI=1S/C27H26N4O4/c1-5-12-30(17-22-11-8-13-35-22)27(33)23-15-20(28-18(3)32)16-24-25(23)31(6-2)26(29-24)19-9-7-10-21(14-19)34-4/h1,7-11,13-16H,6,12,17H2,2-4H3,(H,28,32). The summed E-state index contributed by atoms with van der Waals surface area (Å²) in [5.41, 5.74) is 2.95. The number of terminal acetylenes is 1. The van der Waals surface area contributed by atoms with E-state index in [0.29, 0.717) is 46.2 Å². The number of benzene rings is 2. The third-order valence-corrected chi connectivity index (χ3v) is 5.53. The van der Waals surface area contributed by atoms with Crippen LogP contribution in [0.4, 0.5) is 5.69 Å². The fourth-order valence-electron chi connectivity index (χ4n) is 4.07. The van der Waals surface area contributed by atoms with Gasteiger partial charge in [0.2, 0.25) is 5.91 Å². The molecule has 2 aromatic carbocycles. The SMILES string of the molecule is C#CCN(Cc1ccco1)C(=O)c1cc(NC(C)=O)cc2nc(-c3cccc(OC)c3)n(CC)c12. The average Bonchev–Trinajstić information content (AvgIpc) is 3.50. The number of methoxy groups -OCH3 is 1. The lowest BCUT2D eigenvalue weighted by atomic mass is 10.1. The number of hydrogen-bond donors (Lipinski definition) is 1. The average molecular weight is 471 g/mol. The molecule has 0 unspecified atom stereocenters. The number of aryl methyl sites for hydroxylation is 1. The van der Waals surface area contributed by atoms with E-state index in [0.717, 1.165) is 5.56 Å². The van der Waals surface area contributed by atoms with E-state index in [2.05, 4.69) is 11.2 Å². The Balaban J connectivity index is 1.91. The second kappa shape index (κ2) is 10.2. The lowest BCUT2D eigenvalue weighted by molar-refractivity contribution is -0.114. The van der Waals surface area contributed by atoms with Crippen LogP contribution in [0.1, 0.15) is 30.0 Å². The second-order valence-electron chi connectivity index (χ2n) is 7.93. The molecule has 2 amide bonds. The smallest absolute Gasteiger partial charge is 0.257 e. The van der Waals surface area contributed by atoms with E-state index in [4.69, 9.17) is 20.6 Å². The highest BCUT2D eigenvalue weighted by Crippen LogP contribution is 2.32. The number of amides is 2. The number of carbonyl (C=O) groups is 2. The van der Waals surface area contributed by atoms with Gasteiger partial charge in [0.05, 0.1) is 43.1 Å². The molecule has 4 aromatic rings. The molecule has 0 fully saturated rings. The van der Waals surface area contributed by atoms with Gasteiger partial charge in [0, 0.05) is 24.7 Å². The molecule has 2 aromatic heterocycles. The lowest BCUT2D eigenvalue weighted by Gasteiger charge is -2.21. The molecule has 4 rings (SSSR count). The molecule has 0 aliphatic heterocycles. The van der Waals surface area contributed by atoms with Gasteiger partial charge in [0.15, 0.2) is 0 Å². The Morgan fingerprint density at radius 1 is 1.23 bits per heavy atom. The molecule has 0 radical (unpaired) electrons. The number of carbonyl (C=O) groups excluding carboxylic acids is 2. The molecule has 0 aliphatic carbocycles. The van der Waals surface area contributed by atoms with E-state index < -0.39 is 0 Å². The molecular weight excluding hydrogens is 444 g/mol. The number of anilines is 1. The van der Waals surface area contributed by atoms with Crippen molar-refractivity contribution < 1.29 is 18.7 Å². The van der Waals surface area contributed by atoms with Gasteiger partial charge in [0.25, 0.3) is 5.91 Å². The molecule has 178 valence electrons. The summed E-state index contributed by atoms with van der Waals surface area (Å²) in [5.74, 6) is 4.02. The minimum absolute atomic E-state index is 0.0917. The molecule has 2 heterocycles. The van der Waals surface area contributed by atoms with Crippen LogP contribution in [0, 0.1) is 12.3 Å².